The highest BCUT2D eigenvalue weighted by molar-refractivity contribution is 5.85. The topological polar surface area (TPSA) is 39.9 Å². The van der Waals surface area contributed by atoms with E-state index in [4.69, 9.17) is 4.74 Å². The van der Waals surface area contributed by atoms with Crippen molar-refractivity contribution in [3.8, 4) is 17.0 Å². The van der Waals surface area contributed by atoms with Crippen molar-refractivity contribution in [2.75, 3.05) is 7.11 Å². The number of aromatic nitrogens is 3. The highest BCUT2D eigenvalue weighted by Crippen LogP contribution is 2.38. The number of aryl methyl sites for hydroxylation is 2. The number of nitrogens with zero attached hydrogens (tertiary/aromatic N) is 3. The predicted molar refractivity (Wildman–Crippen MR) is 94.2 cm³/mol. The summed E-state index contributed by atoms with van der Waals surface area (Å²) in [4.78, 5) is 4.51. The Morgan fingerprint density at radius 2 is 1.85 bits per heavy atom. The first kappa shape index (κ1) is 18.2. The molecular formula is C19H20F3N3O. The Kier molecular flexibility index (Phi) is 4.89. The molecule has 0 fully saturated rings. The lowest BCUT2D eigenvalue weighted by Gasteiger charge is -2.12. The van der Waals surface area contributed by atoms with Gasteiger partial charge >= 0.3 is 6.18 Å². The molecule has 0 atom stereocenters. The summed E-state index contributed by atoms with van der Waals surface area (Å²) in [6.07, 6.45) is -2.73. The van der Waals surface area contributed by atoms with Gasteiger partial charge in [-0.05, 0) is 43.7 Å². The number of benzene rings is 1. The lowest BCUT2D eigenvalue weighted by atomic mass is 10.1. The average molecular weight is 363 g/mol. The van der Waals surface area contributed by atoms with E-state index in [1.807, 2.05) is 6.92 Å². The number of alkyl halides is 3. The van der Waals surface area contributed by atoms with Crippen molar-refractivity contribution >= 4 is 11.0 Å². The van der Waals surface area contributed by atoms with Gasteiger partial charge in [-0.25, -0.2) is 9.67 Å². The van der Waals surface area contributed by atoms with Crippen molar-refractivity contribution in [1.29, 1.82) is 0 Å². The molecule has 0 saturated heterocycles. The number of methoxy groups -OCH3 is 1. The van der Waals surface area contributed by atoms with Crippen LogP contribution in [-0.4, -0.2) is 21.9 Å². The van der Waals surface area contributed by atoms with Crippen LogP contribution < -0.4 is 4.74 Å². The fourth-order valence-corrected chi connectivity index (χ4v) is 2.95. The molecule has 4 nitrogen and oxygen atoms in total. The number of hydrogen-bond donors (Lipinski definition) is 0. The molecule has 0 radical (unpaired) electrons. The standard InChI is InChI=1S/C19H20F3N3O/c1-4-5-10-25-18-17(12(2)24-25)15(19(20,21)22)11-16(23-18)13-6-8-14(26-3)9-7-13/h6-9,11H,4-5,10H2,1-3H3. The van der Waals surface area contributed by atoms with E-state index < -0.39 is 11.7 Å². The quantitative estimate of drug-likeness (QED) is 0.623. The maximum absolute atomic E-state index is 13.7. The molecule has 0 N–H and O–H groups in total. The fraction of sp³-hybridized carbons (Fsp3) is 0.368. The Labute approximate surface area is 149 Å². The summed E-state index contributed by atoms with van der Waals surface area (Å²) in [5, 5.41) is 4.37. The molecule has 2 heterocycles. The van der Waals surface area contributed by atoms with Crippen LogP contribution in [-0.2, 0) is 12.7 Å². The van der Waals surface area contributed by atoms with Crippen LogP contribution >= 0.6 is 0 Å². The third kappa shape index (κ3) is 3.38. The van der Waals surface area contributed by atoms with E-state index in [9.17, 15) is 13.2 Å². The van der Waals surface area contributed by atoms with Gasteiger partial charge in [0.05, 0.1) is 29.4 Å². The highest BCUT2D eigenvalue weighted by Gasteiger charge is 2.35. The van der Waals surface area contributed by atoms with Gasteiger partial charge in [0.1, 0.15) is 5.75 Å². The van der Waals surface area contributed by atoms with E-state index in [2.05, 4.69) is 10.1 Å². The second-order valence-corrected chi connectivity index (χ2v) is 6.14. The van der Waals surface area contributed by atoms with Gasteiger partial charge in [-0.2, -0.15) is 18.3 Å². The maximum atomic E-state index is 13.7. The normalized spacial score (nSPS) is 11.9. The summed E-state index contributed by atoms with van der Waals surface area (Å²) in [5.41, 5.74) is 0.784. The number of hydrogen-bond acceptors (Lipinski definition) is 3. The number of rotatable bonds is 5. The van der Waals surface area contributed by atoms with E-state index in [1.165, 1.54) is 7.11 Å². The number of halogens is 3. The van der Waals surface area contributed by atoms with Crippen LogP contribution in [0.25, 0.3) is 22.3 Å². The summed E-state index contributed by atoms with van der Waals surface area (Å²) in [6, 6.07) is 7.91. The Balaban J connectivity index is 2.23. The predicted octanol–water partition coefficient (Wildman–Crippen LogP) is 5.23. The van der Waals surface area contributed by atoms with E-state index in [0.29, 0.717) is 23.6 Å². The Morgan fingerprint density at radius 1 is 1.15 bits per heavy atom. The Hall–Kier alpha value is -2.57. The van der Waals surface area contributed by atoms with Crippen LogP contribution in [0.1, 0.15) is 31.0 Å². The zero-order valence-electron chi connectivity index (χ0n) is 14.9. The van der Waals surface area contributed by atoms with Crippen LogP contribution in [0, 0.1) is 6.92 Å². The summed E-state index contributed by atoms with van der Waals surface area (Å²) < 4.78 is 47.8. The molecule has 0 unspecified atom stereocenters. The number of ether oxygens (including phenoxy) is 1. The fourth-order valence-electron chi connectivity index (χ4n) is 2.95. The first-order valence-corrected chi connectivity index (χ1v) is 8.45. The maximum Gasteiger partial charge on any atom is 0.417 e. The molecule has 26 heavy (non-hydrogen) atoms. The largest absolute Gasteiger partial charge is 0.497 e. The number of unbranched alkanes of at least 4 members (excludes halogenated alkanes) is 1. The molecule has 0 amide bonds. The molecule has 2 aromatic heterocycles. The van der Waals surface area contributed by atoms with Gasteiger partial charge in [0.2, 0.25) is 0 Å². The van der Waals surface area contributed by atoms with Gasteiger partial charge in [-0.1, -0.05) is 13.3 Å². The van der Waals surface area contributed by atoms with Crippen molar-refractivity contribution in [2.24, 2.45) is 0 Å². The van der Waals surface area contributed by atoms with Gasteiger partial charge in [-0.3, -0.25) is 0 Å². The summed E-state index contributed by atoms with van der Waals surface area (Å²) in [7, 11) is 1.54. The van der Waals surface area contributed by atoms with Gasteiger partial charge in [0, 0.05) is 12.1 Å². The Bertz CT molecular complexity index is 914. The first-order valence-electron chi connectivity index (χ1n) is 8.45. The third-order valence-electron chi connectivity index (χ3n) is 4.29. The van der Waals surface area contributed by atoms with E-state index in [1.54, 1.807) is 35.9 Å². The zero-order chi connectivity index (χ0) is 18.9. The van der Waals surface area contributed by atoms with Gasteiger partial charge in [0.25, 0.3) is 0 Å². The summed E-state index contributed by atoms with van der Waals surface area (Å²) >= 11 is 0. The molecule has 3 rings (SSSR count). The molecule has 0 aliphatic heterocycles. The van der Waals surface area contributed by atoms with Gasteiger partial charge in [0.15, 0.2) is 5.65 Å². The summed E-state index contributed by atoms with van der Waals surface area (Å²) in [6.45, 7) is 4.15. The minimum absolute atomic E-state index is 0.0749. The Morgan fingerprint density at radius 3 is 2.42 bits per heavy atom. The van der Waals surface area contributed by atoms with Crippen LogP contribution in [0.4, 0.5) is 13.2 Å². The highest BCUT2D eigenvalue weighted by atomic mass is 19.4. The minimum Gasteiger partial charge on any atom is -0.497 e. The van der Waals surface area contributed by atoms with Crippen molar-refractivity contribution in [3.05, 3.63) is 41.6 Å². The molecule has 0 aliphatic carbocycles. The van der Waals surface area contributed by atoms with Crippen LogP contribution in [0.2, 0.25) is 0 Å². The van der Waals surface area contributed by atoms with Crippen LogP contribution in [0.3, 0.4) is 0 Å². The second kappa shape index (κ2) is 6.97. The van der Waals surface area contributed by atoms with Crippen molar-refractivity contribution in [1.82, 2.24) is 14.8 Å². The van der Waals surface area contributed by atoms with E-state index in [-0.39, 0.29) is 16.7 Å². The number of pyridine rings is 1. The first-order chi connectivity index (χ1) is 12.3. The van der Waals surface area contributed by atoms with E-state index >= 15 is 0 Å². The molecule has 0 aliphatic rings. The molecule has 0 bridgehead atoms. The molecule has 3 aromatic rings. The molecule has 0 spiro atoms. The SMILES string of the molecule is CCCCn1nc(C)c2c(C(F)(F)F)cc(-c3ccc(OC)cc3)nc21. The molecule has 0 saturated carbocycles. The summed E-state index contributed by atoms with van der Waals surface area (Å²) in [5.74, 6) is 0.634. The lowest BCUT2D eigenvalue weighted by molar-refractivity contribution is -0.136. The van der Waals surface area contributed by atoms with Crippen molar-refractivity contribution in [3.63, 3.8) is 0 Å². The third-order valence-corrected chi connectivity index (χ3v) is 4.29. The smallest absolute Gasteiger partial charge is 0.417 e. The lowest BCUT2D eigenvalue weighted by Crippen LogP contribution is -2.08. The second-order valence-electron chi connectivity index (χ2n) is 6.14. The number of fused-ring (bicyclic) bond motifs is 1. The van der Waals surface area contributed by atoms with Gasteiger partial charge < -0.3 is 4.74 Å². The van der Waals surface area contributed by atoms with Crippen molar-refractivity contribution in [2.45, 2.75) is 39.4 Å². The monoisotopic (exact) mass is 363 g/mol. The molecule has 138 valence electrons. The zero-order valence-corrected chi connectivity index (χ0v) is 14.9. The molecular weight excluding hydrogens is 343 g/mol. The van der Waals surface area contributed by atoms with E-state index in [0.717, 1.165) is 18.9 Å². The minimum atomic E-state index is -4.48. The van der Waals surface area contributed by atoms with Crippen LogP contribution in [0.5, 0.6) is 5.75 Å². The molecule has 1 aromatic carbocycles. The average Bonchev–Trinajstić information content (AvgIpc) is 2.94. The van der Waals surface area contributed by atoms with Crippen molar-refractivity contribution < 1.29 is 17.9 Å². The van der Waals surface area contributed by atoms with Gasteiger partial charge in [-0.15, -0.1) is 0 Å². The van der Waals surface area contributed by atoms with Crippen LogP contribution in [0.15, 0.2) is 30.3 Å². The molecule has 7 heteroatoms.